The van der Waals surface area contributed by atoms with Crippen LogP contribution in [0, 0.1) is 0 Å². The zero-order valence-corrected chi connectivity index (χ0v) is 8.14. The highest BCUT2D eigenvalue weighted by molar-refractivity contribution is 7.84. The van der Waals surface area contributed by atoms with E-state index in [4.69, 9.17) is 5.73 Å². The van der Waals surface area contributed by atoms with Crippen LogP contribution in [0.3, 0.4) is 0 Å². The molecule has 0 bridgehead atoms. The second-order valence-electron chi connectivity index (χ2n) is 2.70. The number of carbonyl (C=O) groups is 1. The molecule has 0 fully saturated rings. The molecule has 1 aromatic rings. The van der Waals surface area contributed by atoms with Crippen LogP contribution in [0.2, 0.25) is 0 Å². The Morgan fingerprint density at radius 3 is 2.62 bits per heavy atom. The average molecular weight is 197 g/mol. The van der Waals surface area contributed by atoms with E-state index in [-0.39, 0.29) is 6.42 Å². The molecule has 3 nitrogen and oxygen atoms in total. The number of nitrogens with two attached hydrogens (primary N) is 1. The Kier molecular flexibility index (Phi) is 3.19. The first-order chi connectivity index (χ1) is 6.11. The highest BCUT2D eigenvalue weighted by Gasteiger charge is 2.06. The number of benzene rings is 1. The molecule has 0 saturated carbocycles. The standard InChI is InChI=1S/C9H11NO2S/c1-13(12)8-5-3-2-4-7(8)6-9(10)11/h2-5H,6H2,1H3,(H2,10,11). The van der Waals surface area contributed by atoms with Gasteiger partial charge < -0.3 is 5.73 Å². The minimum Gasteiger partial charge on any atom is -0.369 e. The predicted octanol–water partition coefficient (Wildman–Crippen LogP) is 0.452. The second kappa shape index (κ2) is 4.18. The highest BCUT2D eigenvalue weighted by atomic mass is 32.2. The number of hydrogen-bond donors (Lipinski definition) is 1. The maximum Gasteiger partial charge on any atom is 0.221 e. The lowest BCUT2D eigenvalue weighted by atomic mass is 10.1. The molecule has 2 N–H and O–H groups in total. The van der Waals surface area contributed by atoms with Gasteiger partial charge in [0, 0.05) is 11.2 Å². The third-order valence-electron chi connectivity index (χ3n) is 1.65. The van der Waals surface area contributed by atoms with E-state index >= 15 is 0 Å². The monoisotopic (exact) mass is 197 g/mol. The Morgan fingerprint density at radius 2 is 2.08 bits per heavy atom. The van der Waals surface area contributed by atoms with E-state index in [9.17, 15) is 9.00 Å². The normalized spacial score (nSPS) is 12.4. The highest BCUT2D eigenvalue weighted by Crippen LogP contribution is 2.12. The van der Waals surface area contributed by atoms with Gasteiger partial charge >= 0.3 is 0 Å². The molecule has 0 saturated heterocycles. The first-order valence-electron chi connectivity index (χ1n) is 3.81. The summed E-state index contributed by atoms with van der Waals surface area (Å²) in [5, 5.41) is 0. The van der Waals surface area contributed by atoms with E-state index in [0.717, 1.165) is 5.56 Å². The third-order valence-corrected chi connectivity index (χ3v) is 2.66. The third kappa shape index (κ3) is 2.66. The predicted molar refractivity (Wildman–Crippen MR) is 51.7 cm³/mol. The number of rotatable bonds is 3. The van der Waals surface area contributed by atoms with Crippen molar-refractivity contribution < 1.29 is 9.00 Å². The molecule has 70 valence electrons. The molecular weight excluding hydrogens is 186 g/mol. The van der Waals surface area contributed by atoms with Crippen molar-refractivity contribution in [2.75, 3.05) is 6.26 Å². The number of primary amides is 1. The summed E-state index contributed by atoms with van der Waals surface area (Å²) < 4.78 is 11.2. The molecule has 1 aromatic carbocycles. The summed E-state index contributed by atoms with van der Waals surface area (Å²) in [5.41, 5.74) is 5.80. The maximum absolute atomic E-state index is 11.2. The summed E-state index contributed by atoms with van der Waals surface area (Å²) in [4.78, 5) is 11.3. The van der Waals surface area contributed by atoms with Crippen molar-refractivity contribution in [3.05, 3.63) is 29.8 Å². The fourth-order valence-corrected chi connectivity index (χ4v) is 1.90. The Labute approximate surface area is 79.4 Å². The van der Waals surface area contributed by atoms with E-state index in [1.54, 1.807) is 30.5 Å². The molecule has 1 unspecified atom stereocenters. The topological polar surface area (TPSA) is 60.2 Å². The van der Waals surface area contributed by atoms with E-state index in [1.165, 1.54) is 0 Å². The zero-order valence-electron chi connectivity index (χ0n) is 7.32. The summed E-state index contributed by atoms with van der Waals surface area (Å²) in [6.45, 7) is 0. The van der Waals surface area contributed by atoms with E-state index in [0.29, 0.717) is 4.90 Å². The van der Waals surface area contributed by atoms with Gasteiger partial charge in [-0.1, -0.05) is 18.2 Å². The summed E-state index contributed by atoms with van der Waals surface area (Å²) in [7, 11) is -1.06. The molecule has 4 heteroatoms. The molecule has 1 amide bonds. The van der Waals surface area contributed by atoms with Crippen LogP contribution in [-0.2, 0) is 22.0 Å². The van der Waals surface area contributed by atoms with Crippen LogP contribution in [0.15, 0.2) is 29.2 Å². The summed E-state index contributed by atoms with van der Waals surface area (Å²) in [6.07, 6.45) is 1.73. The van der Waals surface area contributed by atoms with Gasteiger partial charge in [0.05, 0.1) is 17.2 Å². The van der Waals surface area contributed by atoms with Gasteiger partial charge in [-0.2, -0.15) is 0 Å². The van der Waals surface area contributed by atoms with Gasteiger partial charge in [-0.25, -0.2) is 0 Å². The van der Waals surface area contributed by atoms with Crippen LogP contribution in [0.1, 0.15) is 5.56 Å². The van der Waals surface area contributed by atoms with Gasteiger partial charge in [-0.15, -0.1) is 0 Å². The van der Waals surface area contributed by atoms with Crippen molar-refractivity contribution in [2.45, 2.75) is 11.3 Å². The van der Waals surface area contributed by atoms with Gasteiger partial charge in [0.2, 0.25) is 5.91 Å². The molecular formula is C9H11NO2S. The van der Waals surface area contributed by atoms with Crippen molar-refractivity contribution in [3.63, 3.8) is 0 Å². The number of amides is 1. The van der Waals surface area contributed by atoms with Gasteiger partial charge in [0.1, 0.15) is 0 Å². The molecule has 0 aliphatic heterocycles. The van der Waals surface area contributed by atoms with Crippen LogP contribution in [-0.4, -0.2) is 16.4 Å². The summed E-state index contributed by atoms with van der Waals surface area (Å²) in [6, 6.07) is 7.10. The second-order valence-corrected chi connectivity index (χ2v) is 4.05. The lowest BCUT2D eigenvalue weighted by Gasteiger charge is -2.03. The largest absolute Gasteiger partial charge is 0.369 e. The van der Waals surface area contributed by atoms with Crippen molar-refractivity contribution >= 4 is 16.7 Å². The molecule has 0 spiro atoms. The van der Waals surface area contributed by atoms with E-state index in [2.05, 4.69) is 0 Å². The van der Waals surface area contributed by atoms with Crippen molar-refractivity contribution in [3.8, 4) is 0 Å². The number of carbonyl (C=O) groups excluding carboxylic acids is 1. The molecule has 13 heavy (non-hydrogen) atoms. The van der Waals surface area contributed by atoms with Gasteiger partial charge in [0.25, 0.3) is 0 Å². The maximum atomic E-state index is 11.2. The van der Waals surface area contributed by atoms with Crippen LogP contribution in [0.25, 0.3) is 0 Å². The Morgan fingerprint density at radius 1 is 1.46 bits per heavy atom. The summed E-state index contributed by atoms with van der Waals surface area (Å²) >= 11 is 0. The van der Waals surface area contributed by atoms with Crippen molar-refractivity contribution in [1.82, 2.24) is 0 Å². The van der Waals surface area contributed by atoms with Gasteiger partial charge in [0.15, 0.2) is 0 Å². The SMILES string of the molecule is CS(=O)c1ccccc1CC(N)=O. The minimum absolute atomic E-state index is 0.149. The van der Waals surface area contributed by atoms with E-state index < -0.39 is 16.7 Å². The average Bonchev–Trinajstić information content (AvgIpc) is 2.03. The van der Waals surface area contributed by atoms with Gasteiger partial charge in [-0.3, -0.25) is 9.00 Å². The Balaban J connectivity index is 3.04. The first-order valence-corrected chi connectivity index (χ1v) is 5.36. The van der Waals surface area contributed by atoms with Gasteiger partial charge in [-0.05, 0) is 11.6 Å². The fraction of sp³-hybridized carbons (Fsp3) is 0.222. The zero-order chi connectivity index (χ0) is 9.84. The van der Waals surface area contributed by atoms with Crippen LogP contribution < -0.4 is 5.73 Å². The van der Waals surface area contributed by atoms with Crippen molar-refractivity contribution in [1.29, 1.82) is 0 Å². The molecule has 0 heterocycles. The number of hydrogen-bond acceptors (Lipinski definition) is 2. The fourth-order valence-electron chi connectivity index (χ4n) is 1.12. The smallest absolute Gasteiger partial charge is 0.221 e. The van der Waals surface area contributed by atoms with Crippen LogP contribution in [0.5, 0.6) is 0 Å². The Hall–Kier alpha value is -1.16. The molecule has 1 rings (SSSR count). The molecule has 0 radical (unpaired) electrons. The molecule has 1 atom stereocenters. The first kappa shape index (κ1) is 9.92. The minimum atomic E-state index is -1.06. The summed E-state index contributed by atoms with van der Waals surface area (Å²) in [5.74, 6) is -0.405. The van der Waals surface area contributed by atoms with Crippen LogP contribution >= 0.6 is 0 Å². The molecule has 0 aromatic heterocycles. The lowest BCUT2D eigenvalue weighted by Crippen LogP contribution is -2.14. The molecule has 0 aliphatic carbocycles. The lowest BCUT2D eigenvalue weighted by molar-refractivity contribution is -0.117. The Bertz CT molecular complexity index is 349. The molecule has 0 aliphatic rings. The van der Waals surface area contributed by atoms with Crippen LogP contribution in [0.4, 0.5) is 0 Å². The quantitative estimate of drug-likeness (QED) is 0.764. The van der Waals surface area contributed by atoms with E-state index in [1.807, 2.05) is 0 Å². The van der Waals surface area contributed by atoms with Crippen molar-refractivity contribution in [2.24, 2.45) is 5.73 Å².